The van der Waals surface area contributed by atoms with Crippen molar-refractivity contribution in [3.8, 4) is 0 Å². The Bertz CT molecular complexity index is 541. The fraction of sp³-hybridized carbons (Fsp3) is 0.267. The molecule has 0 aliphatic heterocycles. The first-order valence-corrected chi connectivity index (χ1v) is 7.72. The highest BCUT2D eigenvalue weighted by molar-refractivity contribution is 14.1. The molecule has 0 saturated carbocycles. The number of hydrogen-bond donors (Lipinski definition) is 2. The minimum absolute atomic E-state index is 0.206. The number of benzene rings is 1. The lowest BCUT2D eigenvalue weighted by Crippen LogP contribution is -2.30. The van der Waals surface area contributed by atoms with Crippen molar-refractivity contribution in [2.75, 3.05) is 18.5 Å². The van der Waals surface area contributed by atoms with Crippen molar-refractivity contribution in [1.82, 2.24) is 5.32 Å². The number of amides is 2. The Morgan fingerprint density at radius 3 is 2.76 bits per heavy atom. The first-order valence-electron chi connectivity index (χ1n) is 6.64. The molecule has 1 aromatic heterocycles. The van der Waals surface area contributed by atoms with Gasteiger partial charge in [0.15, 0.2) is 0 Å². The Morgan fingerprint density at radius 1 is 1.24 bits per heavy atom. The number of anilines is 1. The van der Waals surface area contributed by atoms with Gasteiger partial charge in [0.1, 0.15) is 12.4 Å². The molecular formula is C15H17IN2O3. The molecule has 1 aromatic carbocycles. The highest BCUT2D eigenvalue weighted by atomic mass is 127. The Hall–Kier alpha value is -1.54. The molecule has 2 N–H and O–H groups in total. The summed E-state index contributed by atoms with van der Waals surface area (Å²) in [6, 6.07) is 11.1. The smallest absolute Gasteiger partial charge is 0.319 e. The molecule has 2 amide bonds. The lowest BCUT2D eigenvalue weighted by atomic mass is 10.3. The fourth-order valence-electron chi connectivity index (χ4n) is 1.65. The molecule has 0 saturated heterocycles. The van der Waals surface area contributed by atoms with Crippen LogP contribution in [0, 0.1) is 3.57 Å². The number of carbonyl (C=O) groups is 1. The van der Waals surface area contributed by atoms with Crippen LogP contribution in [-0.2, 0) is 11.3 Å². The molecule has 0 radical (unpaired) electrons. The van der Waals surface area contributed by atoms with Crippen molar-refractivity contribution in [3.05, 3.63) is 52.0 Å². The summed E-state index contributed by atoms with van der Waals surface area (Å²) in [6.45, 7) is 1.60. The summed E-state index contributed by atoms with van der Waals surface area (Å²) < 4.78 is 11.7. The zero-order valence-electron chi connectivity index (χ0n) is 11.5. The minimum Gasteiger partial charge on any atom is -0.467 e. The first kappa shape index (κ1) is 15.8. The van der Waals surface area contributed by atoms with E-state index < -0.39 is 0 Å². The van der Waals surface area contributed by atoms with Gasteiger partial charge in [0.2, 0.25) is 0 Å². The third-order valence-corrected chi connectivity index (χ3v) is 3.40. The SMILES string of the molecule is O=C(NCCCOCc1ccco1)Nc1ccc(I)cc1. The van der Waals surface area contributed by atoms with E-state index in [1.54, 1.807) is 6.26 Å². The average Bonchev–Trinajstić information content (AvgIpc) is 2.98. The lowest BCUT2D eigenvalue weighted by molar-refractivity contribution is 0.104. The minimum atomic E-state index is -0.206. The van der Waals surface area contributed by atoms with Gasteiger partial charge >= 0.3 is 6.03 Å². The third kappa shape index (κ3) is 6.17. The number of halogens is 1. The normalized spacial score (nSPS) is 10.3. The first-order chi connectivity index (χ1) is 10.2. The fourth-order valence-corrected chi connectivity index (χ4v) is 2.01. The number of furan rings is 1. The van der Waals surface area contributed by atoms with E-state index in [-0.39, 0.29) is 6.03 Å². The summed E-state index contributed by atoms with van der Waals surface area (Å²) in [7, 11) is 0. The van der Waals surface area contributed by atoms with Gasteiger partial charge in [0.05, 0.1) is 6.26 Å². The number of nitrogens with one attached hydrogen (secondary N) is 2. The average molecular weight is 400 g/mol. The van der Waals surface area contributed by atoms with Crippen LogP contribution in [0.25, 0.3) is 0 Å². The molecule has 21 heavy (non-hydrogen) atoms. The van der Waals surface area contributed by atoms with Crippen LogP contribution in [-0.4, -0.2) is 19.2 Å². The third-order valence-electron chi connectivity index (χ3n) is 2.68. The topological polar surface area (TPSA) is 63.5 Å². The summed E-state index contributed by atoms with van der Waals surface area (Å²) in [5.74, 6) is 0.805. The number of urea groups is 1. The highest BCUT2D eigenvalue weighted by Gasteiger charge is 2.01. The summed E-state index contributed by atoms with van der Waals surface area (Å²) in [6.07, 6.45) is 2.37. The molecule has 2 aromatic rings. The molecule has 5 nitrogen and oxygen atoms in total. The van der Waals surface area contributed by atoms with Crippen LogP contribution in [0.3, 0.4) is 0 Å². The molecule has 0 spiro atoms. The predicted octanol–water partition coefficient (Wildman–Crippen LogP) is 3.61. The van der Waals surface area contributed by atoms with Gasteiger partial charge in [-0.2, -0.15) is 0 Å². The molecule has 112 valence electrons. The maximum Gasteiger partial charge on any atom is 0.319 e. The van der Waals surface area contributed by atoms with Crippen LogP contribution >= 0.6 is 22.6 Å². The number of ether oxygens (including phenoxy) is 1. The van der Waals surface area contributed by atoms with E-state index in [0.717, 1.165) is 21.4 Å². The maximum atomic E-state index is 11.6. The molecule has 0 aliphatic carbocycles. The van der Waals surface area contributed by atoms with Crippen LogP contribution in [0.15, 0.2) is 47.1 Å². The molecule has 6 heteroatoms. The van der Waals surface area contributed by atoms with E-state index in [9.17, 15) is 4.79 Å². The van der Waals surface area contributed by atoms with Gasteiger partial charge in [-0.3, -0.25) is 0 Å². The van der Waals surface area contributed by atoms with E-state index in [4.69, 9.17) is 9.15 Å². The van der Waals surface area contributed by atoms with Crippen LogP contribution in [0.5, 0.6) is 0 Å². The van der Waals surface area contributed by atoms with Crippen LogP contribution < -0.4 is 10.6 Å². The Kier molecular flexibility index (Phi) is 6.55. The second-order valence-corrected chi connectivity index (χ2v) is 5.62. The molecule has 0 fully saturated rings. The van der Waals surface area contributed by atoms with Gasteiger partial charge in [-0.15, -0.1) is 0 Å². The van der Waals surface area contributed by atoms with Gasteiger partial charge in [0, 0.05) is 22.4 Å². The van der Waals surface area contributed by atoms with Gasteiger partial charge in [0.25, 0.3) is 0 Å². The van der Waals surface area contributed by atoms with E-state index in [2.05, 4.69) is 33.2 Å². The maximum absolute atomic E-state index is 11.6. The van der Waals surface area contributed by atoms with E-state index in [1.807, 2.05) is 36.4 Å². The van der Waals surface area contributed by atoms with Crippen LogP contribution in [0.2, 0.25) is 0 Å². The zero-order chi connectivity index (χ0) is 14.9. The van der Waals surface area contributed by atoms with Crippen molar-refractivity contribution < 1.29 is 13.9 Å². The molecule has 1 heterocycles. The van der Waals surface area contributed by atoms with Gasteiger partial charge in [-0.25, -0.2) is 4.79 Å². The summed E-state index contributed by atoms with van der Waals surface area (Å²) in [5, 5.41) is 5.56. The Labute approximate surface area is 137 Å². The number of rotatable bonds is 7. The molecule has 0 unspecified atom stereocenters. The van der Waals surface area contributed by atoms with Gasteiger partial charge in [-0.05, 0) is 65.4 Å². The quantitative estimate of drug-likeness (QED) is 0.552. The van der Waals surface area contributed by atoms with Crippen molar-refractivity contribution in [1.29, 1.82) is 0 Å². The monoisotopic (exact) mass is 400 g/mol. The summed E-state index contributed by atoms with van der Waals surface area (Å²) >= 11 is 2.22. The van der Waals surface area contributed by atoms with Gasteiger partial charge < -0.3 is 19.8 Å². The second-order valence-electron chi connectivity index (χ2n) is 4.37. The van der Waals surface area contributed by atoms with Crippen molar-refractivity contribution in [2.45, 2.75) is 13.0 Å². The Morgan fingerprint density at radius 2 is 2.05 bits per heavy atom. The van der Waals surface area contributed by atoms with E-state index >= 15 is 0 Å². The van der Waals surface area contributed by atoms with Crippen molar-refractivity contribution in [2.24, 2.45) is 0 Å². The van der Waals surface area contributed by atoms with Crippen molar-refractivity contribution >= 4 is 34.3 Å². The summed E-state index contributed by atoms with van der Waals surface area (Å²) in [5.41, 5.74) is 0.780. The zero-order valence-corrected chi connectivity index (χ0v) is 13.6. The molecular weight excluding hydrogens is 383 g/mol. The predicted molar refractivity (Wildman–Crippen MR) is 89.2 cm³/mol. The van der Waals surface area contributed by atoms with Crippen LogP contribution in [0.4, 0.5) is 10.5 Å². The van der Waals surface area contributed by atoms with Gasteiger partial charge in [-0.1, -0.05) is 0 Å². The Balaban J connectivity index is 1.54. The second kappa shape index (κ2) is 8.68. The number of hydrogen-bond acceptors (Lipinski definition) is 3. The molecule has 0 atom stereocenters. The van der Waals surface area contributed by atoms with Crippen LogP contribution in [0.1, 0.15) is 12.2 Å². The highest BCUT2D eigenvalue weighted by Crippen LogP contribution is 2.10. The summed E-state index contributed by atoms with van der Waals surface area (Å²) in [4.78, 5) is 11.6. The number of carbonyl (C=O) groups excluding carboxylic acids is 1. The lowest BCUT2D eigenvalue weighted by Gasteiger charge is -2.07. The van der Waals surface area contributed by atoms with E-state index in [0.29, 0.717) is 19.8 Å². The van der Waals surface area contributed by atoms with Crippen molar-refractivity contribution in [3.63, 3.8) is 0 Å². The largest absolute Gasteiger partial charge is 0.467 e. The molecule has 0 aliphatic rings. The molecule has 0 bridgehead atoms. The van der Waals surface area contributed by atoms with E-state index in [1.165, 1.54) is 0 Å². The standard InChI is InChI=1S/C15H17IN2O3/c16-12-4-6-13(7-5-12)18-15(19)17-8-2-9-20-11-14-3-1-10-21-14/h1,3-7,10H,2,8-9,11H2,(H2,17,18,19). The molecule has 2 rings (SSSR count).